The van der Waals surface area contributed by atoms with Crippen LogP contribution < -0.4 is 4.74 Å². The highest BCUT2D eigenvalue weighted by Crippen LogP contribution is 2.31. The number of aromatic nitrogens is 1. The van der Waals surface area contributed by atoms with Gasteiger partial charge in [0.2, 0.25) is 0 Å². The Hall–Kier alpha value is -2.77. The summed E-state index contributed by atoms with van der Waals surface area (Å²) in [4.78, 5) is 15.5. The first-order valence-corrected chi connectivity index (χ1v) is 5.93. The van der Waals surface area contributed by atoms with E-state index in [2.05, 4.69) is 14.5 Å². The van der Waals surface area contributed by atoms with E-state index in [9.17, 15) is 23.1 Å². The highest BCUT2D eigenvalue weighted by molar-refractivity contribution is 5.99. The second-order valence-electron chi connectivity index (χ2n) is 4.14. The number of hydrogen-bond donors (Lipinski definition) is 1. The molecule has 1 heterocycles. The molecule has 0 atom stereocenters. The third-order valence-electron chi connectivity index (χ3n) is 2.71. The van der Waals surface area contributed by atoms with Crippen molar-refractivity contribution >= 4 is 5.97 Å². The number of alkyl halides is 3. The van der Waals surface area contributed by atoms with Crippen LogP contribution in [0.1, 0.15) is 10.4 Å². The topological polar surface area (TPSA) is 68.7 Å². The number of methoxy groups -OCH3 is 1. The van der Waals surface area contributed by atoms with Gasteiger partial charge in [0.15, 0.2) is 0 Å². The molecule has 5 nitrogen and oxygen atoms in total. The number of carbonyl (C=O) groups excluding carboxylic acids is 1. The van der Waals surface area contributed by atoms with Crippen LogP contribution in [0.2, 0.25) is 0 Å². The summed E-state index contributed by atoms with van der Waals surface area (Å²) in [5, 5.41) is 9.72. The number of pyridine rings is 1. The first kappa shape index (κ1) is 15.6. The number of rotatable bonds is 3. The standard InChI is InChI=1S/C14H10F3NO4/c1-21-13(20)12-10(6-18-7-11(12)19)8-2-4-9(5-3-8)22-14(15,16)17/h2-7,19H,1H3. The van der Waals surface area contributed by atoms with Crippen molar-refractivity contribution in [2.75, 3.05) is 7.11 Å². The summed E-state index contributed by atoms with van der Waals surface area (Å²) in [7, 11) is 1.15. The Morgan fingerprint density at radius 3 is 2.36 bits per heavy atom. The van der Waals surface area contributed by atoms with Crippen LogP contribution in [-0.2, 0) is 4.74 Å². The van der Waals surface area contributed by atoms with E-state index in [0.29, 0.717) is 5.56 Å². The second-order valence-corrected chi connectivity index (χ2v) is 4.14. The number of carbonyl (C=O) groups is 1. The summed E-state index contributed by atoms with van der Waals surface area (Å²) in [6.45, 7) is 0. The zero-order valence-corrected chi connectivity index (χ0v) is 11.2. The molecule has 1 aromatic carbocycles. The van der Waals surface area contributed by atoms with Crippen molar-refractivity contribution in [2.24, 2.45) is 0 Å². The predicted octanol–water partition coefficient (Wildman–Crippen LogP) is 3.14. The summed E-state index contributed by atoms with van der Waals surface area (Å²) in [6.07, 6.45) is -2.42. The van der Waals surface area contributed by atoms with Crippen LogP contribution in [-0.4, -0.2) is 29.5 Å². The van der Waals surface area contributed by atoms with Gasteiger partial charge in [0.25, 0.3) is 0 Å². The quantitative estimate of drug-likeness (QED) is 0.882. The van der Waals surface area contributed by atoms with Crippen molar-refractivity contribution in [2.45, 2.75) is 6.36 Å². The highest BCUT2D eigenvalue weighted by atomic mass is 19.4. The first-order valence-electron chi connectivity index (χ1n) is 5.93. The molecular formula is C14H10F3NO4. The molecule has 0 unspecified atom stereocenters. The lowest BCUT2D eigenvalue weighted by Crippen LogP contribution is -2.16. The molecule has 0 fully saturated rings. The Morgan fingerprint density at radius 1 is 1.18 bits per heavy atom. The molecule has 0 saturated carbocycles. The Kier molecular flexibility index (Phi) is 4.20. The van der Waals surface area contributed by atoms with Crippen molar-refractivity contribution in [3.05, 3.63) is 42.2 Å². The number of benzene rings is 1. The van der Waals surface area contributed by atoms with Crippen molar-refractivity contribution in [1.29, 1.82) is 0 Å². The largest absolute Gasteiger partial charge is 0.573 e. The second kappa shape index (κ2) is 5.92. The summed E-state index contributed by atoms with van der Waals surface area (Å²) in [6, 6.07) is 4.80. The summed E-state index contributed by atoms with van der Waals surface area (Å²) in [5.41, 5.74) is 0.478. The zero-order valence-electron chi connectivity index (χ0n) is 11.2. The zero-order chi connectivity index (χ0) is 16.3. The van der Waals surface area contributed by atoms with E-state index in [1.54, 1.807) is 0 Å². The third-order valence-corrected chi connectivity index (χ3v) is 2.71. The Morgan fingerprint density at radius 2 is 1.82 bits per heavy atom. The number of nitrogens with zero attached hydrogens (tertiary/aromatic N) is 1. The van der Waals surface area contributed by atoms with E-state index in [1.807, 2.05) is 0 Å². The molecule has 2 rings (SSSR count). The molecule has 22 heavy (non-hydrogen) atoms. The molecule has 0 aliphatic heterocycles. The van der Waals surface area contributed by atoms with Gasteiger partial charge >= 0.3 is 12.3 Å². The number of ether oxygens (including phenoxy) is 2. The maximum absolute atomic E-state index is 12.1. The van der Waals surface area contributed by atoms with Gasteiger partial charge in [0.1, 0.15) is 17.1 Å². The summed E-state index contributed by atoms with van der Waals surface area (Å²) >= 11 is 0. The third kappa shape index (κ3) is 3.46. The van der Waals surface area contributed by atoms with E-state index in [-0.39, 0.29) is 16.9 Å². The molecule has 1 N–H and O–H groups in total. The first-order chi connectivity index (χ1) is 10.3. The molecule has 8 heteroatoms. The maximum Gasteiger partial charge on any atom is 0.573 e. The molecule has 0 radical (unpaired) electrons. The van der Waals surface area contributed by atoms with Crippen LogP contribution in [0.4, 0.5) is 13.2 Å². The molecule has 2 aromatic rings. The highest BCUT2D eigenvalue weighted by Gasteiger charge is 2.31. The normalized spacial score (nSPS) is 11.1. The molecule has 1 aromatic heterocycles. The van der Waals surface area contributed by atoms with Crippen LogP contribution in [0.5, 0.6) is 11.5 Å². The van der Waals surface area contributed by atoms with Crippen LogP contribution >= 0.6 is 0 Å². The minimum absolute atomic E-state index is 0.123. The van der Waals surface area contributed by atoms with Crippen molar-refractivity contribution in [3.8, 4) is 22.6 Å². The molecule has 0 saturated heterocycles. The molecular weight excluding hydrogens is 303 g/mol. The Balaban J connectivity index is 2.41. The number of hydrogen-bond acceptors (Lipinski definition) is 5. The number of halogens is 3. The molecule has 0 aliphatic carbocycles. The van der Waals surface area contributed by atoms with Gasteiger partial charge in [-0.05, 0) is 17.7 Å². The van der Waals surface area contributed by atoms with Crippen LogP contribution in [0, 0.1) is 0 Å². The van der Waals surface area contributed by atoms with E-state index in [0.717, 1.165) is 25.4 Å². The summed E-state index contributed by atoms with van der Waals surface area (Å²) < 4.78 is 44.6. The van der Waals surface area contributed by atoms with Crippen LogP contribution in [0.15, 0.2) is 36.7 Å². The number of esters is 1. The SMILES string of the molecule is COC(=O)c1c(O)cncc1-c1ccc(OC(F)(F)F)cc1. The van der Waals surface area contributed by atoms with Gasteiger partial charge in [-0.2, -0.15) is 0 Å². The molecule has 0 bridgehead atoms. The summed E-state index contributed by atoms with van der Waals surface area (Å²) in [5.74, 6) is -1.57. The lowest BCUT2D eigenvalue weighted by molar-refractivity contribution is -0.274. The van der Waals surface area contributed by atoms with Gasteiger partial charge in [-0.1, -0.05) is 12.1 Å². The fourth-order valence-corrected chi connectivity index (χ4v) is 1.82. The fraction of sp³-hybridized carbons (Fsp3) is 0.143. The number of aromatic hydroxyl groups is 1. The maximum atomic E-state index is 12.1. The fourth-order valence-electron chi connectivity index (χ4n) is 1.82. The average Bonchev–Trinajstić information content (AvgIpc) is 2.45. The van der Waals surface area contributed by atoms with Crippen LogP contribution in [0.25, 0.3) is 11.1 Å². The predicted molar refractivity (Wildman–Crippen MR) is 69.4 cm³/mol. The Labute approximate surface area is 122 Å². The van der Waals surface area contributed by atoms with Crippen molar-refractivity contribution < 1.29 is 32.5 Å². The minimum atomic E-state index is -4.79. The molecule has 116 valence electrons. The van der Waals surface area contributed by atoms with Gasteiger partial charge in [-0.3, -0.25) is 4.98 Å². The molecule has 0 aliphatic rings. The lowest BCUT2D eigenvalue weighted by Gasteiger charge is -2.11. The lowest BCUT2D eigenvalue weighted by atomic mass is 10.0. The van der Waals surface area contributed by atoms with E-state index in [1.165, 1.54) is 18.3 Å². The minimum Gasteiger partial charge on any atom is -0.505 e. The van der Waals surface area contributed by atoms with Crippen molar-refractivity contribution in [3.63, 3.8) is 0 Å². The molecule has 0 spiro atoms. The van der Waals surface area contributed by atoms with E-state index in [4.69, 9.17) is 0 Å². The van der Waals surface area contributed by atoms with E-state index >= 15 is 0 Å². The van der Waals surface area contributed by atoms with Gasteiger partial charge in [0.05, 0.1) is 13.3 Å². The van der Waals surface area contributed by atoms with Gasteiger partial charge in [-0.25, -0.2) is 4.79 Å². The van der Waals surface area contributed by atoms with Gasteiger partial charge in [0, 0.05) is 11.8 Å². The van der Waals surface area contributed by atoms with Gasteiger partial charge < -0.3 is 14.6 Å². The van der Waals surface area contributed by atoms with Gasteiger partial charge in [-0.15, -0.1) is 13.2 Å². The van der Waals surface area contributed by atoms with Crippen molar-refractivity contribution in [1.82, 2.24) is 4.98 Å². The van der Waals surface area contributed by atoms with E-state index < -0.39 is 18.1 Å². The Bertz CT molecular complexity index is 683. The smallest absolute Gasteiger partial charge is 0.505 e. The molecule has 0 amide bonds. The average molecular weight is 313 g/mol. The monoisotopic (exact) mass is 313 g/mol. The van der Waals surface area contributed by atoms with Crippen LogP contribution in [0.3, 0.4) is 0 Å².